The quantitative estimate of drug-likeness (QED) is 0.442. The van der Waals surface area contributed by atoms with E-state index in [1.807, 2.05) is 0 Å². The number of hydrogen-bond donors (Lipinski definition) is 0. The summed E-state index contributed by atoms with van der Waals surface area (Å²) in [5, 5.41) is 0. The van der Waals surface area contributed by atoms with Crippen LogP contribution in [0.5, 0.6) is 0 Å². The smallest absolute Gasteiger partial charge is 0.0101 e. The van der Waals surface area contributed by atoms with E-state index in [4.69, 9.17) is 6.92 Å². The van der Waals surface area contributed by atoms with E-state index in [0.717, 1.165) is 0 Å². The van der Waals surface area contributed by atoms with Gasteiger partial charge in [0.05, 0.1) is 0 Å². The van der Waals surface area contributed by atoms with Crippen molar-refractivity contribution >= 4 is 0 Å². The summed E-state index contributed by atoms with van der Waals surface area (Å²) in [5.41, 5.74) is 11.6. The van der Waals surface area contributed by atoms with Crippen molar-refractivity contribution in [1.82, 2.24) is 0 Å². The molecule has 0 aliphatic carbocycles. The predicted octanol–water partition coefficient (Wildman–Crippen LogP) is 9.46. The Bertz CT molecular complexity index is 892. The van der Waals surface area contributed by atoms with Gasteiger partial charge in [0.15, 0.2) is 0 Å². The number of rotatable bonds is 2. The minimum atomic E-state index is 0.0540. The third kappa shape index (κ3) is 5.49. The largest absolute Gasteiger partial charge is 0.0561 e. The maximum Gasteiger partial charge on any atom is 0.0101 e. The molecule has 177 valence electrons. The Hall–Kier alpha value is -1.56. The molecule has 0 aromatic heterocycles. The Morgan fingerprint density at radius 2 is 0.781 bits per heavy atom. The maximum atomic E-state index is 4.83. The van der Waals surface area contributed by atoms with Crippen LogP contribution in [0.3, 0.4) is 0 Å². The third-order valence-electron chi connectivity index (χ3n) is 6.82. The summed E-state index contributed by atoms with van der Waals surface area (Å²) >= 11 is 0. The van der Waals surface area contributed by atoms with Gasteiger partial charge in [0.1, 0.15) is 0 Å². The molecule has 0 bridgehead atoms. The third-order valence-corrected chi connectivity index (χ3v) is 6.82. The molecule has 0 heteroatoms. The second-order valence-corrected chi connectivity index (χ2v) is 14.1. The summed E-state index contributed by atoms with van der Waals surface area (Å²) in [5.74, 6) is 0.0986. The zero-order valence-electron chi connectivity index (χ0n) is 23.6. The first-order valence-electron chi connectivity index (χ1n) is 12.3. The Morgan fingerprint density at radius 1 is 0.500 bits per heavy atom. The fourth-order valence-electron chi connectivity index (χ4n) is 4.77. The molecule has 0 fully saturated rings. The predicted molar refractivity (Wildman–Crippen MR) is 144 cm³/mol. The van der Waals surface area contributed by atoms with Gasteiger partial charge in [-0.25, -0.2) is 0 Å². The van der Waals surface area contributed by atoms with E-state index in [0.29, 0.717) is 0 Å². The van der Waals surface area contributed by atoms with E-state index < -0.39 is 0 Å². The number of hydrogen-bond acceptors (Lipinski definition) is 0. The summed E-state index contributed by atoms with van der Waals surface area (Å²) in [6.07, 6.45) is 0. The van der Waals surface area contributed by atoms with E-state index in [9.17, 15) is 0 Å². The van der Waals surface area contributed by atoms with Crippen LogP contribution in [0.1, 0.15) is 134 Å². The Labute approximate surface area is 200 Å². The van der Waals surface area contributed by atoms with Gasteiger partial charge in [0.25, 0.3) is 0 Å². The molecular formula is C32H49. The maximum absolute atomic E-state index is 4.83. The van der Waals surface area contributed by atoms with Crippen LogP contribution in [0.25, 0.3) is 0 Å². The monoisotopic (exact) mass is 433 g/mol. The summed E-state index contributed by atoms with van der Waals surface area (Å²) in [6, 6.07) is 9.71. The molecule has 2 rings (SSSR count). The van der Waals surface area contributed by atoms with Gasteiger partial charge in [-0.05, 0) is 86.9 Å². The molecular weight excluding hydrogens is 384 g/mol. The Morgan fingerprint density at radius 3 is 1.00 bits per heavy atom. The van der Waals surface area contributed by atoms with Gasteiger partial charge in [0.2, 0.25) is 0 Å². The zero-order chi connectivity index (χ0) is 25.0. The molecule has 0 saturated heterocycles. The van der Waals surface area contributed by atoms with Crippen molar-refractivity contribution in [1.29, 1.82) is 0 Å². The number of benzene rings is 2. The van der Waals surface area contributed by atoms with Crippen LogP contribution in [0, 0.1) is 20.8 Å². The lowest BCUT2D eigenvalue weighted by Crippen LogP contribution is -2.24. The summed E-state index contributed by atoms with van der Waals surface area (Å²) in [6.45, 7) is 37.3. The molecule has 1 radical (unpaired) electrons. The molecule has 0 heterocycles. The highest BCUT2D eigenvalue weighted by atomic mass is 14.4. The van der Waals surface area contributed by atoms with Crippen molar-refractivity contribution in [2.24, 2.45) is 0 Å². The molecule has 2 aromatic rings. The molecule has 32 heavy (non-hydrogen) atoms. The normalized spacial score (nSPS) is 13.8. The standard InChI is InChI=1S/C32H49/c1-20-16-23(29(4,5)6)18-25(31(10,11)12)27(20)22(3)28-21(2)17-24(30(7,8)9)19-26(28)32(13,14)15/h16-19,22H,3H2,1-2,4-15H3. The highest BCUT2D eigenvalue weighted by molar-refractivity contribution is 5.55. The average Bonchev–Trinajstić information content (AvgIpc) is 2.56. The van der Waals surface area contributed by atoms with Gasteiger partial charge in [-0.3, -0.25) is 0 Å². The second kappa shape index (κ2) is 8.34. The minimum Gasteiger partial charge on any atom is -0.0561 e. The van der Waals surface area contributed by atoms with Gasteiger partial charge in [0, 0.05) is 5.92 Å². The molecule has 0 saturated carbocycles. The first-order valence-corrected chi connectivity index (χ1v) is 12.3. The van der Waals surface area contributed by atoms with Crippen LogP contribution in [0.15, 0.2) is 24.3 Å². The Balaban J connectivity index is 2.90. The van der Waals surface area contributed by atoms with Crippen LogP contribution < -0.4 is 0 Å². The summed E-state index contributed by atoms with van der Waals surface area (Å²) in [7, 11) is 0. The highest BCUT2D eigenvalue weighted by Crippen LogP contribution is 2.43. The lowest BCUT2D eigenvalue weighted by molar-refractivity contribution is 0.553. The van der Waals surface area contributed by atoms with Gasteiger partial charge in [-0.2, -0.15) is 0 Å². The van der Waals surface area contributed by atoms with Crippen LogP contribution in [-0.2, 0) is 21.7 Å². The lowest BCUT2D eigenvalue weighted by atomic mass is 9.69. The van der Waals surface area contributed by atoms with Crippen molar-refractivity contribution in [3.8, 4) is 0 Å². The SMILES string of the molecule is [CH2]C(c1c(C)cc(C(C)(C)C)cc1C(C)(C)C)c1c(C)cc(C(C)(C)C)cc1C(C)(C)C. The first kappa shape index (κ1) is 26.7. The van der Waals surface area contributed by atoms with E-state index in [2.05, 4.69) is 121 Å². The van der Waals surface area contributed by atoms with Gasteiger partial charge in [-0.1, -0.05) is 107 Å². The fraction of sp³-hybridized carbons (Fsp3) is 0.594. The lowest BCUT2D eigenvalue weighted by Gasteiger charge is -2.35. The molecule has 0 atom stereocenters. The minimum absolute atomic E-state index is 0.0540. The van der Waals surface area contributed by atoms with E-state index in [1.54, 1.807) is 0 Å². The zero-order valence-corrected chi connectivity index (χ0v) is 23.6. The van der Waals surface area contributed by atoms with Gasteiger partial charge >= 0.3 is 0 Å². The summed E-state index contributed by atoms with van der Waals surface area (Å²) < 4.78 is 0. The fourth-order valence-corrected chi connectivity index (χ4v) is 4.77. The number of aryl methyl sites for hydroxylation is 2. The second-order valence-electron chi connectivity index (χ2n) is 14.1. The molecule has 0 aliphatic rings. The van der Waals surface area contributed by atoms with Crippen LogP contribution >= 0.6 is 0 Å². The molecule has 0 spiro atoms. The first-order chi connectivity index (χ1) is 14.2. The van der Waals surface area contributed by atoms with Gasteiger partial charge < -0.3 is 0 Å². The van der Waals surface area contributed by atoms with Crippen molar-refractivity contribution in [3.05, 3.63) is 75.7 Å². The molecule has 0 amide bonds. The van der Waals surface area contributed by atoms with Crippen LogP contribution in [0.2, 0.25) is 0 Å². The van der Waals surface area contributed by atoms with Crippen LogP contribution in [-0.4, -0.2) is 0 Å². The molecule has 0 N–H and O–H groups in total. The van der Waals surface area contributed by atoms with Crippen LogP contribution in [0.4, 0.5) is 0 Å². The van der Waals surface area contributed by atoms with Crippen molar-refractivity contribution < 1.29 is 0 Å². The van der Waals surface area contributed by atoms with Crippen molar-refractivity contribution in [2.45, 2.75) is 125 Å². The molecule has 0 nitrogen and oxygen atoms in total. The molecule has 2 aromatic carbocycles. The van der Waals surface area contributed by atoms with E-state index in [1.165, 1.54) is 44.5 Å². The van der Waals surface area contributed by atoms with Crippen molar-refractivity contribution in [2.75, 3.05) is 0 Å². The van der Waals surface area contributed by atoms with E-state index in [-0.39, 0.29) is 27.6 Å². The van der Waals surface area contributed by atoms with E-state index >= 15 is 0 Å². The topological polar surface area (TPSA) is 0 Å². The average molecular weight is 434 g/mol. The Kier molecular flexibility index (Phi) is 6.95. The van der Waals surface area contributed by atoms with Gasteiger partial charge in [-0.15, -0.1) is 0 Å². The highest BCUT2D eigenvalue weighted by Gasteiger charge is 2.31. The summed E-state index contributed by atoms with van der Waals surface area (Å²) in [4.78, 5) is 0. The van der Waals surface area contributed by atoms with Crippen molar-refractivity contribution in [3.63, 3.8) is 0 Å². The molecule has 0 aliphatic heterocycles. The molecule has 0 unspecified atom stereocenters.